The number of nitrogens with one attached hydrogen (secondary N) is 1. The molecule has 2 aromatic carbocycles. The van der Waals surface area contributed by atoms with Crippen LogP contribution in [-0.4, -0.2) is 38.7 Å². The molecule has 1 atom stereocenters. The number of sulfonamides is 1. The lowest BCUT2D eigenvalue weighted by atomic mass is 10.1. The Labute approximate surface area is 155 Å². The Hall–Kier alpha value is -2.02. The molecule has 0 radical (unpaired) electrons. The molecule has 1 saturated heterocycles. The van der Waals surface area contributed by atoms with Crippen LogP contribution in [0.15, 0.2) is 59.5 Å². The fourth-order valence-corrected chi connectivity index (χ4v) is 4.42. The maximum atomic E-state index is 12.7. The second-order valence-corrected chi connectivity index (χ2v) is 8.37. The number of carbonyl (C=O) groups is 1. The molecule has 0 aliphatic carbocycles. The van der Waals surface area contributed by atoms with E-state index in [2.05, 4.69) is 9.62 Å². The quantitative estimate of drug-likeness (QED) is 0.759. The van der Waals surface area contributed by atoms with Crippen LogP contribution >= 0.6 is 0 Å². The van der Waals surface area contributed by atoms with Gasteiger partial charge in [0.1, 0.15) is 0 Å². The highest BCUT2D eigenvalue weighted by Crippen LogP contribution is 2.25. The molecular formula is C20H24N2O3S. The Morgan fingerprint density at radius 1 is 1.08 bits per heavy atom. The molecule has 0 unspecified atom stereocenters. The molecule has 0 spiro atoms. The van der Waals surface area contributed by atoms with Gasteiger partial charge in [0.15, 0.2) is 5.78 Å². The number of carbonyl (C=O) groups excluding carboxylic acids is 1. The minimum Gasteiger partial charge on any atom is -0.295 e. The molecule has 1 heterocycles. The SMILES string of the molecule is CC(=O)c1cccc(S(=O)(=O)NC[C@H](c2ccccc2)N2CCCC2)c1. The molecule has 1 N–H and O–H groups in total. The lowest BCUT2D eigenvalue weighted by Crippen LogP contribution is -2.36. The van der Waals surface area contributed by atoms with E-state index in [1.165, 1.54) is 19.1 Å². The van der Waals surface area contributed by atoms with Crippen molar-refractivity contribution >= 4 is 15.8 Å². The van der Waals surface area contributed by atoms with Crippen molar-refractivity contribution in [2.45, 2.75) is 30.7 Å². The molecule has 1 aliphatic rings. The monoisotopic (exact) mass is 372 g/mol. The summed E-state index contributed by atoms with van der Waals surface area (Å²) < 4.78 is 28.2. The normalized spacial score (nSPS) is 16.5. The lowest BCUT2D eigenvalue weighted by Gasteiger charge is -2.28. The Balaban J connectivity index is 1.79. The molecule has 0 saturated carbocycles. The van der Waals surface area contributed by atoms with Gasteiger partial charge < -0.3 is 0 Å². The summed E-state index contributed by atoms with van der Waals surface area (Å²) in [4.78, 5) is 14.0. The van der Waals surface area contributed by atoms with Crippen molar-refractivity contribution in [2.24, 2.45) is 0 Å². The average molecular weight is 372 g/mol. The molecule has 0 bridgehead atoms. The minimum absolute atomic E-state index is 0.00413. The van der Waals surface area contributed by atoms with Gasteiger partial charge in [-0.2, -0.15) is 0 Å². The highest BCUT2D eigenvalue weighted by molar-refractivity contribution is 7.89. The van der Waals surface area contributed by atoms with Crippen molar-refractivity contribution in [2.75, 3.05) is 19.6 Å². The number of ketones is 1. The molecule has 1 aliphatic heterocycles. The summed E-state index contributed by atoms with van der Waals surface area (Å²) in [6.45, 7) is 3.68. The number of hydrogen-bond donors (Lipinski definition) is 1. The smallest absolute Gasteiger partial charge is 0.240 e. The van der Waals surface area contributed by atoms with E-state index in [0.717, 1.165) is 31.5 Å². The third-order valence-corrected chi connectivity index (χ3v) is 6.20. The van der Waals surface area contributed by atoms with Crippen molar-refractivity contribution in [3.8, 4) is 0 Å². The zero-order valence-corrected chi connectivity index (χ0v) is 15.7. The van der Waals surface area contributed by atoms with Gasteiger partial charge in [0.05, 0.1) is 4.90 Å². The van der Waals surface area contributed by atoms with Crippen molar-refractivity contribution < 1.29 is 13.2 Å². The molecule has 6 heteroatoms. The van der Waals surface area contributed by atoms with Crippen LogP contribution in [0.4, 0.5) is 0 Å². The first kappa shape index (κ1) is 18.8. The number of Topliss-reactive ketones (excluding diaryl/α,β-unsaturated/α-hetero) is 1. The molecule has 5 nitrogen and oxygen atoms in total. The maximum Gasteiger partial charge on any atom is 0.240 e. The number of hydrogen-bond acceptors (Lipinski definition) is 4. The summed E-state index contributed by atoms with van der Waals surface area (Å²) in [7, 11) is -3.68. The standard InChI is InChI=1S/C20H24N2O3S/c1-16(23)18-10-7-11-19(14-18)26(24,25)21-15-20(22-12-5-6-13-22)17-8-3-2-4-9-17/h2-4,7-11,14,20-21H,5-6,12-13,15H2,1H3/t20-/m1/s1. The Bertz CT molecular complexity index is 860. The first-order valence-corrected chi connectivity index (χ1v) is 10.4. The number of rotatable bonds is 7. The molecule has 3 rings (SSSR count). The molecule has 1 fully saturated rings. The fourth-order valence-electron chi connectivity index (χ4n) is 3.34. The molecule has 2 aromatic rings. The Morgan fingerprint density at radius 3 is 2.42 bits per heavy atom. The predicted octanol–water partition coefficient (Wildman–Crippen LogP) is 3.00. The molecule has 0 amide bonds. The van der Waals surface area contributed by atoms with Crippen molar-refractivity contribution in [1.82, 2.24) is 9.62 Å². The fraction of sp³-hybridized carbons (Fsp3) is 0.350. The second-order valence-electron chi connectivity index (χ2n) is 6.61. The molecule has 138 valence electrons. The summed E-state index contributed by atoms with van der Waals surface area (Å²) in [5.41, 5.74) is 1.50. The van der Waals surface area contributed by atoms with Gasteiger partial charge in [-0.25, -0.2) is 13.1 Å². The zero-order chi connectivity index (χ0) is 18.6. The van der Waals surface area contributed by atoms with Gasteiger partial charge in [-0.1, -0.05) is 42.5 Å². The Morgan fingerprint density at radius 2 is 1.77 bits per heavy atom. The van der Waals surface area contributed by atoms with E-state index in [4.69, 9.17) is 0 Å². The third kappa shape index (κ3) is 4.38. The van der Waals surface area contributed by atoms with E-state index in [-0.39, 0.29) is 16.7 Å². The van der Waals surface area contributed by atoms with Crippen molar-refractivity contribution in [3.05, 3.63) is 65.7 Å². The summed E-state index contributed by atoms with van der Waals surface area (Å²) in [6, 6.07) is 16.2. The highest BCUT2D eigenvalue weighted by Gasteiger charge is 2.25. The van der Waals surface area contributed by atoms with E-state index in [1.54, 1.807) is 12.1 Å². The van der Waals surface area contributed by atoms with Crippen molar-refractivity contribution in [3.63, 3.8) is 0 Å². The van der Waals surface area contributed by atoms with Gasteiger partial charge in [-0.15, -0.1) is 0 Å². The van der Waals surface area contributed by atoms with Crippen LogP contribution in [0.1, 0.15) is 41.7 Å². The van der Waals surface area contributed by atoms with Crippen LogP contribution in [0.3, 0.4) is 0 Å². The van der Waals surface area contributed by atoms with Crippen LogP contribution in [0.5, 0.6) is 0 Å². The van der Waals surface area contributed by atoms with E-state index in [0.29, 0.717) is 12.1 Å². The maximum absolute atomic E-state index is 12.7. The minimum atomic E-state index is -3.68. The topological polar surface area (TPSA) is 66.5 Å². The van der Waals surface area contributed by atoms with Crippen LogP contribution in [0.2, 0.25) is 0 Å². The van der Waals surface area contributed by atoms with Crippen LogP contribution < -0.4 is 4.72 Å². The van der Waals surface area contributed by atoms with Crippen LogP contribution in [-0.2, 0) is 10.0 Å². The number of benzene rings is 2. The second kappa shape index (κ2) is 8.12. The van der Waals surface area contributed by atoms with Gasteiger partial charge in [0.25, 0.3) is 0 Å². The first-order chi connectivity index (χ1) is 12.5. The third-order valence-electron chi connectivity index (χ3n) is 4.78. The first-order valence-electron chi connectivity index (χ1n) is 8.87. The van der Waals surface area contributed by atoms with Crippen molar-refractivity contribution in [1.29, 1.82) is 0 Å². The Kier molecular flexibility index (Phi) is 5.86. The van der Waals surface area contributed by atoms with Crippen LogP contribution in [0.25, 0.3) is 0 Å². The average Bonchev–Trinajstić information content (AvgIpc) is 3.17. The largest absolute Gasteiger partial charge is 0.295 e. The van der Waals surface area contributed by atoms with Gasteiger partial charge in [0, 0.05) is 18.2 Å². The molecule has 0 aromatic heterocycles. The predicted molar refractivity (Wildman–Crippen MR) is 102 cm³/mol. The number of nitrogens with zero attached hydrogens (tertiary/aromatic N) is 1. The van der Waals surface area contributed by atoms with Crippen LogP contribution in [0, 0.1) is 0 Å². The lowest BCUT2D eigenvalue weighted by molar-refractivity contribution is 0.101. The summed E-state index contributed by atoms with van der Waals surface area (Å²) in [5.74, 6) is -0.152. The summed E-state index contributed by atoms with van der Waals surface area (Å²) in [6.07, 6.45) is 2.27. The van der Waals surface area contributed by atoms with Gasteiger partial charge in [-0.05, 0) is 50.6 Å². The summed E-state index contributed by atoms with van der Waals surface area (Å²) >= 11 is 0. The molecule has 26 heavy (non-hydrogen) atoms. The van der Waals surface area contributed by atoms with E-state index < -0.39 is 10.0 Å². The van der Waals surface area contributed by atoms with Gasteiger partial charge in [-0.3, -0.25) is 9.69 Å². The summed E-state index contributed by atoms with van der Waals surface area (Å²) in [5, 5.41) is 0. The molecular weight excluding hydrogens is 348 g/mol. The van der Waals surface area contributed by atoms with Gasteiger partial charge in [0.2, 0.25) is 10.0 Å². The van der Waals surface area contributed by atoms with Gasteiger partial charge >= 0.3 is 0 Å². The number of likely N-dealkylation sites (tertiary alicyclic amines) is 1. The highest BCUT2D eigenvalue weighted by atomic mass is 32.2. The zero-order valence-electron chi connectivity index (χ0n) is 14.9. The van der Waals surface area contributed by atoms with E-state index >= 15 is 0 Å². The van der Waals surface area contributed by atoms with E-state index in [1.807, 2.05) is 30.3 Å². The van der Waals surface area contributed by atoms with E-state index in [9.17, 15) is 13.2 Å².